The summed E-state index contributed by atoms with van der Waals surface area (Å²) in [4.78, 5) is 10.8. The van der Waals surface area contributed by atoms with Gasteiger partial charge in [0.2, 0.25) is 0 Å². The Hall–Kier alpha value is -0.440. The molecule has 1 aromatic rings. The van der Waals surface area contributed by atoms with Crippen molar-refractivity contribution in [1.29, 1.82) is 0 Å². The van der Waals surface area contributed by atoms with Gasteiger partial charge in [0.05, 0.1) is 3.79 Å². The Morgan fingerprint density at radius 3 is 2.78 bits per heavy atom. The van der Waals surface area contributed by atoms with Gasteiger partial charge in [-0.05, 0) is 40.9 Å². The molecule has 100 valence electrons. The second-order valence-electron chi connectivity index (χ2n) is 4.08. The van der Waals surface area contributed by atoms with E-state index in [1.807, 2.05) is 0 Å². The number of thiophene rings is 1. The summed E-state index contributed by atoms with van der Waals surface area (Å²) in [7, 11) is -3.58. The molecule has 1 atom stereocenters. The standard InChI is InChI=1S/C10H12BrNO4S2/c11-8-3-4-9(17-8)18(15,16)12-5-1-2-7(6-12)10(13)14/h3-4,7H,1-2,5-6H2,(H,13,14)/p-1/t7-/m1/s1. The molecule has 0 aromatic carbocycles. The number of nitrogens with zero attached hydrogens (tertiary/aromatic N) is 1. The van der Waals surface area contributed by atoms with Gasteiger partial charge in [0.1, 0.15) is 4.21 Å². The molecule has 2 rings (SSSR count). The summed E-state index contributed by atoms with van der Waals surface area (Å²) in [5.41, 5.74) is 0. The largest absolute Gasteiger partial charge is 0.550 e. The summed E-state index contributed by atoms with van der Waals surface area (Å²) in [5.74, 6) is -1.89. The van der Waals surface area contributed by atoms with E-state index in [0.29, 0.717) is 19.4 Å². The molecule has 0 amide bonds. The Kier molecular flexibility index (Phi) is 4.10. The van der Waals surface area contributed by atoms with Gasteiger partial charge in [-0.15, -0.1) is 11.3 Å². The SMILES string of the molecule is O=C([O-])[C@@H]1CCCN(S(=O)(=O)c2ccc(Br)s2)C1. The van der Waals surface area contributed by atoms with Gasteiger partial charge in [-0.3, -0.25) is 0 Å². The van der Waals surface area contributed by atoms with Crippen LogP contribution >= 0.6 is 27.3 Å². The monoisotopic (exact) mass is 352 g/mol. The first-order valence-corrected chi connectivity index (χ1v) is 8.42. The van der Waals surface area contributed by atoms with Crippen LogP contribution in [0.2, 0.25) is 0 Å². The number of piperidine rings is 1. The Labute approximate surface area is 118 Å². The number of aliphatic carboxylic acids is 1. The van der Waals surface area contributed by atoms with Crippen molar-refractivity contribution >= 4 is 43.3 Å². The van der Waals surface area contributed by atoms with Crippen LogP contribution in [0.3, 0.4) is 0 Å². The average molecular weight is 353 g/mol. The van der Waals surface area contributed by atoms with Crippen LogP contribution in [0.4, 0.5) is 0 Å². The van der Waals surface area contributed by atoms with Crippen LogP contribution in [0.25, 0.3) is 0 Å². The zero-order valence-corrected chi connectivity index (χ0v) is 12.6. The highest BCUT2D eigenvalue weighted by atomic mass is 79.9. The number of hydrogen-bond donors (Lipinski definition) is 0. The molecule has 0 radical (unpaired) electrons. The van der Waals surface area contributed by atoms with Gasteiger partial charge in [0, 0.05) is 25.0 Å². The Balaban J connectivity index is 2.22. The molecule has 1 saturated heterocycles. The van der Waals surface area contributed by atoms with Gasteiger partial charge >= 0.3 is 0 Å². The average Bonchev–Trinajstić information content (AvgIpc) is 2.77. The fourth-order valence-corrected chi connectivity index (χ4v) is 5.60. The van der Waals surface area contributed by atoms with Crippen LogP contribution in [0.5, 0.6) is 0 Å². The molecule has 0 aliphatic carbocycles. The summed E-state index contributed by atoms with van der Waals surface area (Å²) in [6.07, 6.45) is 1.02. The number of carbonyl (C=O) groups excluding carboxylic acids is 1. The lowest BCUT2D eigenvalue weighted by Gasteiger charge is -2.31. The predicted molar refractivity (Wildman–Crippen MR) is 68.5 cm³/mol. The molecule has 0 unspecified atom stereocenters. The highest BCUT2D eigenvalue weighted by Crippen LogP contribution is 2.30. The minimum atomic E-state index is -3.58. The van der Waals surface area contributed by atoms with E-state index < -0.39 is 21.9 Å². The lowest BCUT2D eigenvalue weighted by molar-refractivity contribution is -0.312. The second kappa shape index (κ2) is 5.28. The summed E-state index contributed by atoms with van der Waals surface area (Å²) in [6.45, 7) is 0.363. The Morgan fingerprint density at radius 1 is 1.50 bits per heavy atom. The molecule has 0 bridgehead atoms. The minimum absolute atomic E-state index is 0.000184. The Morgan fingerprint density at radius 2 is 2.22 bits per heavy atom. The van der Waals surface area contributed by atoms with E-state index in [9.17, 15) is 18.3 Å². The first kappa shape index (κ1) is 14.0. The van der Waals surface area contributed by atoms with Crippen molar-refractivity contribution < 1.29 is 18.3 Å². The summed E-state index contributed by atoms with van der Waals surface area (Å²) in [5, 5.41) is 10.8. The molecule has 18 heavy (non-hydrogen) atoms. The van der Waals surface area contributed by atoms with Crippen LogP contribution in [-0.2, 0) is 14.8 Å². The minimum Gasteiger partial charge on any atom is -0.550 e. The fraction of sp³-hybridized carbons (Fsp3) is 0.500. The highest BCUT2D eigenvalue weighted by molar-refractivity contribution is 9.11. The van der Waals surface area contributed by atoms with E-state index in [1.165, 1.54) is 10.4 Å². The second-order valence-corrected chi connectivity index (χ2v) is 8.71. The van der Waals surface area contributed by atoms with Crippen molar-refractivity contribution in [2.75, 3.05) is 13.1 Å². The van der Waals surface area contributed by atoms with Crippen molar-refractivity contribution in [3.8, 4) is 0 Å². The van der Waals surface area contributed by atoms with E-state index in [0.717, 1.165) is 15.1 Å². The topological polar surface area (TPSA) is 77.5 Å². The van der Waals surface area contributed by atoms with Crippen molar-refractivity contribution in [2.24, 2.45) is 5.92 Å². The van der Waals surface area contributed by atoms with Gasteiger partial charge in [0.15, 0.2) is 0 Å². The number of carbonyl (C=O) groups is 1. The summed E-state index contributed by atoms with van der Waals surface area (Å²) < 4.78 is 26.7. The van der Waals surface area contributed by atoms with Crippen LogP contribution < -0.4 is 5.11 Å². The number of hydrogen-bond acceptors (Lipinski definition) is 5. The highest BCUT2D eigenvalue weighted by Gasteiger charge is 2.31. The number of sulfonamides is 1. The zero-order valence-electron chi connectivity index (χ0n) is 9.34. The molecule has 8 heteroatoms. The molecule has 2 heterocycles. The third-order valence-corrected chi connectivity index (χ3v) is 6.82. The van der Waals surface area contributed by atoms with Crippen LogP contribution in [-0.4, -0.2) is 31.8 Å². The van der Waals surface area contributed by atoms with E-state index >= 15 is 0 Å². The summed E-state index contributed by atoms with van der Waals surface area (Å²) >= 11 is 4.34. The van der Waals surface area contributed by atoms with Gasteiger partial charge < -0.3 is 9.90 Å². The van der Waals surface area contributed by atoms with Crippen molar-refractivity contribution in [3.63, 3.8) is 0 Å². The van der Waals surface area contributed by atoms with E-state index in [4.69, 9.17) is 0 Å². The van der Waals surface area contributed by atoms with E-state index in [1.54, 1.807) is 6.07 Å². The van der Waals surface area contributed by atoms with Gasteiger partial charge in [-0.2, -0.15) is 4.31 Å². The van der Waals surface area contributed by atoms with Gasteiger partial charge in [0.25, 0.3) is 10.0 Å². The quantitative estimate of drug-likeness (QED) is 0.800. The van der Waals surface area contributed by atoms with Crippen molar-refractivity contribution in [2.45, 2.75) is 17.1 Å². The molecule has 5 nitrogen and oxygen atoms in total. The van der Waals surface area contributed by atoms with Crippen molar-refractivity contribution in [1.82, 2.24) is 4.31 Å². The number of halogens is 1. The van der Waals surface area contributed by atoms with E-state index in [2.05, 4.69) is 15.9 Å². The molecule has 1 aromatic heterocycles. The number of carboxylic acids is 1. The molecule has 1 aliphatic rings. The number of rotatable bonds is 3. The molecule has 1 aliphatic heterocycles. The number of carboxylic acid groups (broad SMARTS) is 1. The molecule has 1 fully saturated rings. The summed E-state index contributed by atoms with van der Waals surface area (Å²) in [6, 6.07) is 3.18. The first-order valence-electron chi connectivity index (χ1n) is 5.37. The lowest BCUT2D eigenvalue weighted by Crippen LogP contribution is -2.45. The molecular formula is C10H11BrNO4S2-. The maximum Gasteiger partial charge on any atom is 0.252 e. The third-order valence-electron chi connectivity index (χ3n) is 2.86. The van der Waals surface area contributed by atoms with E-state index in [-0.39, 0.29) is 10.8 Å². The third kappa shape index (κ3) is 2.76. The predicted octanol–water partition coefficient (Wildman–Crippen LogP) is 0.661. The fourth-order valence-electron chi connectivity index (χ4n) is 1.92. The smallest absolute Gasteiger partial charge is 0.252 e. The zero-order chi connectivity index (χ0) is 13.3. The molecular weight excluding hydrogens is 342 g/mol. The van der Waals surface area contributed by atoms with Gasteiger partial charge in [-0.25, -0.2) is 8.42 Å². The maximum absolute atomic E-state index is 12.3. The maximum atomic E-state index is 12.3. The molecule has 0 N–H and O–H groups in total. The van der Waals surface area contributed by atoms with Crippen LogP contribution in [0.15, 0.2) is 20.1 Å². The normalized spacial score (nSPS) is 21.9. The Bertz CT molecular complexity index is 554. The first-order chi connectivity index (χ1) is 8.41. The van der Waals surface area contributed by atoms with Crippen LogP contribution in [0, 0.1) is 5.92 Å². The molecule has 0 spiro atoms. The lowest BCUT2D eigenvalue weighted by atomic mass is 10.0. The van der Waals surface area contributed by atoms with Crippen molar-refractivity contribution in [3.05, 3.63) is 15.9 Å². The van der Waals surface area contributed by atoms with Crippen LogP contribution in [0.1, 0.15) is 12.8 Å². The molecule has 0 saturated carbocycles. The van der Waals surface area contributed by atoms with Gasteiger partial charge in [-0.1, -0.05) is 0 Å².